The van der Waals surface area contributed by atoms with Crippen molar-refractivity contribution in [1.82, 2.24) is 4.57 Å². The molecule has 1 amide bonds. The normalized spacial score (nSPS) is 13.1. The first-order valence-electron chi connectivity index (χ1n) is 8.10. The summed E-state index contributed by atoms with van der Waals surface area (Å²) in [6, 6.07) is 3.38. The Morgan fingerprint density at radius 3 is 2.31 bits per heavy atom. The van der Waals surface area contributed by atoms with E-state index in [2.05, 4.69) is 4.99 Å². The van der Waals surface area contributed by atoms with E-state index in [1.54, 1.807) is 0 Å². The van der Waals surface area contributed by atoms with Crippen LogP contribution in [0.25, 0.3) is 10.2 Å². The zero-order valence-electron chi connectivity index (χ0n) is 14.6. The molecule has 0 aliphatic heterocycles. The van der Waals surface area contributed by atoms with E-state index in [0.29, 0.717) is 17.4 Å². The Labute approximate surface area is 175 Å². The third-order valence-electron chi connectivity index (χ3n) is 4.05. The molecular weight excluding hydrogens is 452 g/mol. The second kappa shape index (κ2) is 8.17. The highest BCUT2D eigenvalue weighted by Crippen LogP contribution is 2.28. The first kappa shape index (κ1) is 21.4. The summed E-state index contributed by atoms with van der Waals surface area (Å²) in [5.41, 5.74) is -0.218. The van der Waals surface area contributed by atoms with Gasteiger partial charge in [0.15, 0.2) is 22.3 Å². The highest BCUT2D eigenvalue weighted by atomic mass is 35.5. The van der Waals surface area contributed by atoms with Crippen LogP contribution in [-0.4, -0.2) is 21.6 Å². The minimum atomic E-state index is -1.70. The monoisotopic (exact) mass is 462 g/mol. The van der Waals surface area contributed by atoms with Gasteiger partial charge in [0, 0.05) is 21.7 Å². The van der Waals surface area contributed by atoms with Crippen molar-refractivity contribution >= 4 is 56.6 Å². The van der Waals surface area contributed by atoms with Crippen molar-refractivity contribution < 1.29 is 27.9 Å². The van der Waals surface area contributed by atoms with Gasteiger partial charge in [-0.2, -0.15) is 4.99 Å². The van der Waals surface area contributed by atoms with E-state index in [-0.39, 0.29) is 37.0 Å². The molecule has 1 atom stereocenters. The molecule has 0 radical (unpaired) electrons. The Hall–Kier alpha value is -2.36. The molecule has 2 aromatic carbocycles. The molecule has 0 fully saturated rings. The summed E-state index contributed by atoms with van der Waals surface area (Å²) >= 11 is 12.3. The van der Waals surface area contributed by atoms with E-state index >= 15 is 0 Å². The van der Waals surface area contributed by atoms with Crippen LogP contribution in [0.15, 0.2) is 29.3 Å². The minimum absolute atomic E-state index is 0.00714. The number of nitrogens with zero attached hydrogens (tertiary/aromatic N) is 2. The number of benzene rings is 2. The fraction of sp³-hybridized carbons (Fsp3) is 0.167. The van der Waals surface area contributed by atoms with Gasteiger partial charge in [0.2, 0.25) is 0 Å². The summed E-state index contributed by atoms with van der Waals surface area (Å²) in [5, 5.41) is 9.85. The second-order valence-electron chi connectivity index (χ2n) is 5.93. The van der Waals surface area contributed by atoms with Crippen LogP contribution in [0.3, 0.4) is 0 Å². The van der Waals surface area contributed by atoms with Crippen LogP contribution in [0.4, 0.5) is 13.2 Å². The molecule has 152 valence electrons. The Morgan fingerprint density at radius 1 is 1.14 bits per heavy atom. The highest BCUT2D eigenvalue weighted by Gasteiger charge is 2.26. The van der Waals surface area contributed by atoms with Crippen LogP contribution in [0.1, 0.15) is 29.7 Å². The number of hydrogen-bond donors (Lipinski definition) is 1. The van der Waals surface area contributed by atoms with E-state index < -0.39 is 35.4 Å². The van der Waals surface area contributed by atoms with Crippen molar-refractivity contribution in [2.75, 3.05) is 0 Å². The number of carboxylic acid groups (broad SMARTS) is 1. The molecule has 1 N–H and O–H groups in total. The predicted molar refractivity (Wildman–Crippen MR) is 103 cm³/mol. The number of halogens is 5. The van der Waals surface area contributed by atoms with Gasteiger partial charge in [0.25, 0.3) is 5.91 Å². The SMILES string of the molecule is CCC(C(=O)O)n1c(=NC(=O)c2cc(Cl)cc(Cl)c2)sc2c(F)c(F)c(F)cc21. The van der Waals surface area contributed by atoms with Gasteiger partial charge in [-0.25, -0.2) is 18.0 Å². The van der Waals surface area contributed by atoms with E-state index in [4.69, 9.17) is 23.2 Å². The van der Waals surface area contributed by atoms with Crippen molar-refractivity contribution in [3.8, 4) is 0 Å². The lowest BCUT2D eigenvalue weighted by Gasteiger charge is -2.13. The molecule has 0 saturated heterocycles. The number of amides is 1. The van der Waals surface area contributed by atoms with Crippen LogP contribution >= 0.6 is 34.5 Å². The molecule has 1 aromatic heterocycles. The van der Waals surface area contributed by atoms with Crippen LogP contribution < -0.4 is 4.80 Å². The number of carbonyl (C=O) groups is 2. The molecule has 1 heterocycles. The number of aliphatic carboxylic acids is 1. The Bertz CT molecular complexity index is 1200. The molecule has 1 unspecified atom stereocenters. The predicted octanol–water partition coefficient (Wildman–Crippen LogP) is 5.20. The van der Waals surface area contributed by atoms with Crippen molar-refractivity contribution in [3.63, 3.8) is 0 Å². The van der Waals surface area contributed by atoms with Crippen LogP contribution in [0.5, 0.6) is 0 Å². The Morgan fingerprint density at radius 2 is 1.76 bits per heavy atom. The van der Waals surface area contributed by atoms with Crippen LogP contribution in [0.2, 0.25) is 10.0 Å². The molecule has 0 bridgehead atoms. The Kier molecular flexibility index (Phi) is 6.02. The lowest BCUT2D eigenvalue weighted by Crippen LogP contribution is -2.27. The van der Waals surface area contributed by atoms with Gasteiger partial charge in [-0.3, -0.25) is 4.79 Å². The number of rotatable bonds is 4. The maximum Gasteiger partial charge on any atom is 0.326 e. The fourth-order valence-electron chi connectivity index (χ4n) is 2.76. The van der Waals surface area contributed by atoms with Gasteiger partial charge in [-0.05, 0) is 24.6 Å². The van der Waals surface area contributed by atoms with E-state index in [1.165, 1.54) is 25.1 Å². The lowest BCUT2D eigenvalue weighted by molar-refractivity contribution is -0.140. The topological polar surface area (TPSA) is 71.7 Å². The third-order valence-corrected chi connectivity index (χ3v) is 5.55. The molecular formula is C18H11Cl2F3N2O3S. The van der Waals surface area contributed by atoms with Gasteiger partial charge >= 0.3 is 5.97 Å². The summed E-state index contributed by atoms with van der Waals surface area (Å²) in [6.45, 7) is 1.54. The zero-order valence-corrected chi connectivity index (χ0v) is 16.9. The summed E-state index contributed by atoms with van der Waals surface area (Å²) in [6.07, 6.45) is 0.0200. The standard InChI is InChI=1S/C18H11Cl2F3N2O3S/c1-2-11(17(27)28)25-12-6-10(21)13(22)14(23)15(12)29-18(25)24-16(26)7-3-8(19)5-9(20)4-7/h3-6,11H,2H2,1H3,(H,27,28). The first-order chi connectivity index (χ1) is 13.6. The summed E-state index contributed by atoms with van der Waals surface area (Å²) in [7, 11) is 0. The number of aromatic nitrogens is 1. The Balaban J connectivity index is 2.33. The van der Waals surface area contributed by atoms with Gasteiger partial charge in [0.05, 0.1) is 10.2 Å². The molecule has 0 aliphatic carbocycles. The number of carbonyl (C=O) groups excluding carboxylic acids is 1. The van der Waals surface area contributed by atoms with Gasteiger partial charge in [0.1, 0.15) is 6.04 Å². The number of fused-ring (bicyclic) bond motifs is 1. The quantitative estimate of drug-likeness (QED) is 0.541. The summed E-state index contributed by atoms with van der Waals surface area (Å²) < 4.78 is 42.3. The minimum Gasteiger partial charge on any atom is -0.480 e. The maximum absolute atomic E-state index is 14.3. The van der Waals surface area contributed by atoms with Crippen LogP contribution in [-0.2, 0) is 4.79 Å². The zero-order chi connectivity index (χ0) is 21.5. The fourth-order valence-corrected chi connectivity index (χ4v) is 4.36. The number of hydrogen-bond acceptors (Lipinski definition) is 3. The highest BCUT2D eigenvalue weighted by molar-refractivity contribution is 7.16. The lowest BCUT2D eigenvalue weighted by atomic mass is 10.2. The first-order valence-corrected chi connectivity index (χ1v) is 9.67. The third kappa shape index (κ3) is 4.03. The average molecular weight is 463 g/mol. The summed E-state index contributed by atoms with van der Waals surface area (Å²) in [5.74, 6) is -6.82. The van der Waals surface area contributed by atoms with E-state index in [1.807, 2.05) is 0 Å². The molecule has 3 aromatic rings. The van der Waals surface area contributed by atoms with Gasteiger partial charge in [-0.1, -0.05) is 41.5 Å². The van der Waals surface area contributed by atoms with Gasteiger partial charge < -0.3 is 9.67 Å². The maximum atomic E-state index is 14.3. The van der Waals surface area contributed by atoms with E-state index in [9.17, 15) is 27.9 Å². The molecule has 3 rings (SSSR count). The summed E-state index contributed by atoms with van der Waals surface area (Å²) in [4.78, 5) is 27.8. The molecule has 0 aliphatic rings. The molecule has 11 heteroatoms. The van der Waals surface area contributed by atoms with Crippen molar-refractivity contribution in [2.24, 2.45) is 4.99 Å². The largest absolute Gasteiger partial charge is 0.480 e. The second-order valence-corrected chi connectivity index (χ2v) is 7.78. The van der Waals surface area contributed by atoms with Crippen molar-refractivity contribution in [1.29, 1.82) is 0 Å². The van der Waals surface area contributed by atoms with Gasteiger partial charge in [-0.15, -0.1) is 0 Å². The van der Waals surface area contributed by atoms with Crippen LogP contribution in [0, 0.1) is 17.5 Å². The number of thiazole rings is 1. The smallest absolute Gasteiger partial charge is 0.326 e. The molecule has 0 saturated carbocycles. The van der Waals surface area contributed by atoms with Crippen molar-refractivity contribution in [3.05, 3.63) is 62.1 Å². The average Bonchev–Trinajstić information content (AvgIpc) is 2.97. The van der Waals surface area contributed by atoms with E-state index in [0.717, 1.165) is 4.57 Å². The molecule has 29 heavy (non-hydrogen) atoms. The molecule has 0 spiro atoms. The number of carboxylic acids is 1. The molecule has 5 nitrogen and oxygen atoms in total. The van der Waals surface area contributed by atoms with Crippen molar-refractivity contribution in [2.45, 2.75) is 19.4 Å².